The van der Waals surface area contributed by atoms with Gasteiger partial charge < -0.3 is 15.1 Å². The molecule has 1 saturated heterocycles. The highest BCUT2D eigenvalue weighted by Gasteiger charge is 2.28. The van der Waals surface area contributed by atoms with Gasteiger partial charge in [-0.2, -0.15) is 0 Å². The number of fused-ring (bicyclic) bond motifs is 1. The molecule has 1 N–H and O–H groups in total. The van der Waals surface area contributed by atoms with Crippen LogP contribution >= 0.6 is 0 Å². The number of amides is 1. The summed E-state index contributed by atoms with van der Waals surface area (Å²) in [6, 6.07) is 8.24. The standard InChI is InChI=1S/C17H25N3O/c1-14(17(21)19-11-5-2-6-12-19)20-13-7-10-18-15-8-3-4-9-16(15)20/h3-4,8-9,14,18H,2,5-7,10-13H2,1H3. The Morgan fingerprint density at radius 1 is 1.10 bits per heavy atom. The van der Waals surface area contributed by atoms with Gasteiger partial charge in [0.25, 0.3) is 0 Å². The second-order valence-corrected chi connectivity index (χ2v) is 6.05. The Morgan fingerprint density at radius 3 is 2.67 bits per heavy atom. The number of anilines is 2. The molecule has 4 nitrogen and oxygen atoms in total. The van der Waals surface area contributed by atoms with Crippen molar-refractivity contribution in [1.82, 2.24) is 4.90 Å². The van der Waals surface area contributed by atoms with Gasteiger partial charge in [-0.25, -0.2) is 0 Å². The SMILES string of the molecule is CC(C(=O)N1CCCCC1)N1CCCNc2ccccc21. The number of carbonyl (C=O) groups is 1. The molecule has 2 aliphatic heterocycles. The zero-order valence-electron chi connectivity index (χ0n) is 12.8. The normalized spacial score (nSPS) is 20.2. The quantitative estimate of drug-likeness (QED) is 0.908. The Balaban J connectivity index is 1.80. The van der Waals surface area contributed by atoms with Crippen molar-refractivity contribution in [2.24, 2.45) is 0 Å². The third-order valence-corrected chi connectivity index (χ3v) is 4.60. The van der Waals surface area contributed by atoms with Gasteiger partial charge in [0, 0.05) is 26.2 Å². The molecule has 1 aromatic carbocycles. The van der Waals surface area contributed by atoms with Gasteiger partial charge >= 0.3 is 0 Å². The van der Waals surface area contributed by atoms with Crippen molar-refractivity contribution in [3.63, 3.8) is 0 Å². The van der Waals surface area contributed by atoms with Crippen LogP contribution in [0.5, 0.6) is 0 Å². The van der Waals surface area contributed by atoms with Gasteiger partial charge in [0.1, 0.15) is 6.04 Å². The highest BCUT2D eigenvalue weighted by molar-refractivity contribution is 5.87. The summed E-state index contributed by atoms with van der Waals surface area (Å²) in [4.78, 5) is 17.1. The molecule has 1 fully saturated rings. The van der Waals surface area contributed by atoms with Crippen molar-refractivity contribution >= 4 is 17.3 Å². The molecular formula is C17H25N3O. The number of nitrogens with zero attached hydrogens (tertiary/aromatic N) is 2. The van der Waals surface area contributed by atoms with Crippen LogP contribution in [-0.4, -0.2) is 43.0 Å². The van der Waals surface area contributed by atoms with Crippen molar-refractivity contribution in [3.8, 4) is 0 Å². The molecule has 21 heavy (non-hydrogen) atoms. The zero-order chi connectivity index (χ0) is 14.7. The highest BCUT2D eigenvalue weighted by atomic mass is 16.2. The van der Waals surface area contributed by atoms with Gasteiger partial charge in [0.15, 0.2) is 0 Å². The Morgan fingerprint density at radius 2 is 1.86 bits per heavy atom. The van der Waals surface area contributed by atoms with Crippen molar-refractivity contribution in [2.45, 2.75) is 38.6 Å². The second-order valence-electron chi connectivity index (χ2n) is 6.05. The summed E-state index contributed by atoms with van der Waals surface area (Å²) >= 11 is 0. The summed E-state index contributed by atoms with van der Waals surface area (Å²) < 4.78 is 0. The summed E-state index contributed by atoms with van der Waals surface area (Å²) in [6.45, 7) is 5.82. The van der Waals surface area contributed by atoms with E-state index in [1.54, 1.807) is 0 Å². The van der Waals surface area contributed by atoms with E-state index in [1.807, 2.05) is 6.07 Å². The predicted octanol–water partition coefficient (Wildman–Crippen LogP) is 2.71. The average Bonchev–Trinajstić information content (AvgIpc) is 2.77. The van der Waals surface area contributed by atoms with Crippen molar-refractivity contribution in [2.75, 3.05) is 36.4 Å². The van der Waals surface area contributed by atoms with Gasteiger partial charge in [-0.3, -0.25) is 4.79 Å². The maximum atomic E-state index is 12.8. The van der Waals surface area contributed by atoms with E-state index < -0.39 is 0 Å². The lowest BCUT2D eigenvalue weighted by atomic mass is 10.1. The number of hydrogen-bond acceptors (Lipinski definition) is 3. The molecule has 2 heterocycles. The van der Waals surface area contributed by atoms with Crippen LogP contribution in [0.1, 0.15) is 32.6 Å². The topological polar surface area (TPSA) is 35.6 Å². The maximum absolute atomic E-state index is 12.8. The number of carbonyl (C=O) groups excluding carboxylic acids is 1. The zero-order valence-corrected chi connectivity index (χ0v) is 12.8. The van der Waals surface area contributed by atoms with Gasteiger partial charge in [0.05, 0.1) is 11.4 Å². The second kappa shape index (κ2) is 6.37. The fraction of sp³-hybridized carbons (Fsp3) is 0.588. The molecule has 0 radical (unpaired) electrons. The van der Waals surface area contributed by atoms with Crippen molar-refractivity contribution in [1.29, 1.82) is 0 Å². The van der Waals surface area contributed by atoms with Crippen LogP contribution in [0.25, 0.3) is 0 Å². The molecule has 0 aromatic heterocycles. The Kier molecular flexibility index (Phi) is 4.32. The molecule has 1 aromatic rings. The number of hydrogen-bond donors (Lipinski definition) is 1. The van der Waals surface area contributed by atoms with E-state index in [4.69, 9.17) is 0 Å². The Hall–Kier alpha value is -1.71. The fourth-order valence-electron chi connectivity index (χ4n) is 3.38. The van der Waals surface area contributed by atoms with E-state index in [2.05, 4.69) is 40.2 Å². The van der Waals surface area contributed by atoms with Crippen LogP contribution < -0.4 is 10.2 Å². The maximum Gasteiger partial charge on any atom is 0.244 e. The van der Waals surface area contributed by atoms with E-state index in [1.165, 1.54) is 6.42 Å². The predicted molar refractivity (Wildman–Crippen MR) is 86.8 cm³/mol. The minimum atomic E-state index is -0.0795. The van der Waals surface area contributed by atoms with Crippen LogP contribution in [0.4, 0.5) is 11.4 Å². The molecule has 1 atom stereocenters. The first kappa shape index (κ1) is 14.2. The summed E-state index contributed by atoms with van der Waals surface area (Å²) in [5, 5.41) is 3.46. The molecule has 4 heteroatoms. The first-order chi connectivity index (χ1) is 10.3. The molecular weight excluding hydrogens is 262 g/mol. The Labute approximate surface area is 127 Å². The minimum absolute atomic E-state index is 0.0795. The largest absolute Gasteiger partial charge is 0.383 e. The number of nitrogens with one attached hydrogen (secondary N) is 1. The third-order valence-electron chi connectivity index (χ3n) is 4.60. The lowest BCUT2D eigenvalue weighted by Gasteiger charge is -2.35. The molecule has 0 spiro atoms. The van der Waals surface area contributed by atoms with Crippen molar-refractivity contribution < 1.29 is 4.79 Å². The monoisotopic (exact) mass is 287 g/mol. The fourth-order valence-corrected chi connectivity index (χ4v) is 3.38. The van der Waals surface area contributed by atoms with Crippen molar-refractivity contribution in [3.05, 3.63) is 24.3 Å². The molecule has 2 aliphatic rings. The van der Waals surface area contributed by atoms with Gasteiger partial charge in [-0.15, -0.1) is 0 Å². The van der Waals surface area contributed by atoms with Crippen LogP contribution in [-0.2, 0) is 4.79 Å². The van der Waals surface area contributed by atoms with E-state index in [-0.39, 0.29) is 11.9 Å². The molecule has 0 aliphatic carbocycles. The molecule has 0 bridgehead atoms. The lowest BCUT2D eigenvalue weighted by Crippen LogP contribution is -2.49. The molecule has 1 unspecified atom stereocenters. The molecule has 3 rings (SSSR count). The van der Waals surface area contributed by atoms with Crippen LogP contribution in [0.15, 0.2) is 24.3 Å². The molecule has 0 saturated carbocycles. The van der Waals surface area contributed by atoms with Gasteiger partial charge in [-0.1, -0.05) is 12.1 Å². The number of piperidine rings is 1. The summed E-state index contributed by atoms with van der Waals surface area (Å²) in [7, 11) is 0. The smallest absolute Gasteiger partial charge is 0.244 e. The van der Waals surface area contributed by atoms with Gasteiger partial charge in [0.2, 0.25) is 5.91 Å². The first-order valence-electron chi connectivity index (χ1n) is 8.16. The first-order valence-corrected chi connectivity index (χ1v) is 8.16. The van der Waals surface area contributed by atoms with Crippen LogP contribution in [0.3, 0.4) is 0 Å². The highest BCUT2D eigenvalue weighted by Crippen LogP contribution is 2.30. The van der Waals surface area contributed by atoms with Crippen LogP contribution in [0, 0.1) is 0 Å². The lowest BCUT2D eigenvalue weighted by molar-refractivity contribution is -0.133. The minimum Gasteiger partial charge on any atom is -0.383 e. The molecule has 1 amide bonds. The summed E-state index contributed by atoms with van der Waals surface area (Å²) in [5.41, 5.74) is 2.31. The van der Waals surface area contributed by atoms with E-state index in [0.29, 0.717) is 0 Å². The molecule has 114 valence electrons. The third kappa shape index (κ3) is 2.99. The van der Waals surface area contributed by atoms with Crippen LogP contribution in [0.2, 0.25) is 0 Å². The van der Waals surface area contributed by atoms with Gasteiger partial charge in [-0.05, 0) is 44.7 Å². The number of benzene rings is 1. The number of rotatable bonds is 2. The van der Waals surface area contributed by atoms with E-state index >= 15 is 0 Å². The average molecular weight is 287 g/mol. The number of likely N-dealkylation sites (tertiary alicyclic amines) is 1. The number of para-hydroxylation sites is 2. The van der Waals surface area contributed by atoms with E-state index in [9.17, 15) is 4.79 Å². The van der Waals surface area contributed by atoms with E-state index in [0.717, 1.165) is 56.8 Å². The summed E-state index contributed by atoms with van der Waals surface area (Å²) in [6.07, 6.45) is 4.62. The Bertz CT molecular complexity index is 497. The summed E-state index contributed by atoms with van der Waals surface area (Å²) in [5.74, 6) is 0.284.